The Bertz CT molecular complexity index is 1130. The summed E-state index contributed by atoms with van der Waals surface area (Å²) in [5.74, 6) is 0.286. The number of halogens is 1. The number of esters is 1. The lowest BCUT2D eigenvalue weighted by Crippen LogP contribution is -2.12. The van der Waals surface area contributed by atoms with Crippen LogP contribution in [-0.4, -0.2) is 24.2 Å². The summed E-state index contributed by atoms with van der Waals surface area (Å²) >= 11 is 7.70. The number of ether oxygens (including phenoxy) is 2. The number of nitrogens with zero attached hydrogens (tertiary/aromatic N) is 1. The topological polar surface area (TPSA) is 48.4 Å². The van der Waals surface area contributed by atoms with E-state index in [0.717, 1.165) is 26.6 Å². The number of para-hydroxylation sites is 1. The van der Waals surface area contributed by atoms with E-state index in [4.69, 9.17) is 21.1 Å². The van der Waals surface area contributed by atoms with Crippen LogP contribution in [0.4, 0.5) is 0 Å². The molecule has 0 amide bonds. The van der Waals surface area contributed by atoms with Gasteiger partial charge in [0, 0.05) is 21.7 Å². The minimum absolute atomic E-state index is 0.138. The molecule has 0 radical (unpaired) electrons. The smallest absolute Gasteiger partial charge is 0.350 e. The van der Waals surface area contributed by atoms with E-state index in [2.05, 4.69) is 4.98 Å². The summed E-state index contributed by atoms with van der Waals surface area (Å²) in [6, 6.07) is 15.5. The number of aryl methyl sites for hydroxylation is 1. The van der Waals surface area contributed by atoms with Crippen LogP contribution in [0.25, 0.3) is 21.0 Å². The van der Waals surface area contributed by atoms with Crippen molar-refractivity contribution < 1.29 is 14.3 Å². The maximum absolute atomic E-state index is 12.4. The fourth-order valence-electron chi connectivity index (χ4n) is 2.85. The molecule has 0 N–H and O–H groups in total. The molecule has 0 aliphatic heterocycles. The monoisotopic (exact) mass is 397 g/mol. The number of hydrogen-bond acceptors (Lipinski definition) is 5. The molecule has 0 fully saturated rings. The predicted octanol–water partition coefficient (Wildman–Crippen LogP) is 5.65. The molecule has 0 spiro atoms. The molecule has 2 aromatic carbocycles. The van der Waals surface area contributed by atoms with Crippen molar-refractivity contribution in [3.05, 3.63) is 70.2 Å². The van der Waals surface area contributed by atoms with E-state index < -0.39 is 5.97 Å². The van der Waals surface area contributed by atoms with Gasteiger partial charge in [-0.2, -0.15) is 0 Å². The van der Waals surface area contributed by atoms with Crippen molar-refractivity contribution in [3.63, 3.8) is 0 Å². The van der Waals surface area contributed by atoms with Crippen LogP contribution >= 0.6 is 22.9 Å². The van der Waals surface area contributed by atoms with Gasteiger partial charge in [-0.25, -0.2) is 4.79 Å². The number of thiophene rings is 1. The van der Waals surface area contributed by atoms with Crippen LogP contribution in [0.3, 0.4) is 0 Å². The summed E-state index contributed by atoms with van der Waals surface area (Å²) in [4.78, 5) is 17.1. The molecule has 136 valence electrons. The number of rotatable bonds is 5. The zero-order valence-electron chi connectivity index (χ0n) is 14.6. The first kappa shape index (κ1) is 17.8. The third-order valence-electron chi connectivity index (χ3n) is 4.15. The van der Waals surface area contributed by atoms with Crippen LogP contribution in [0.15, 0.2) is 54.7 Å². The highest BCUT2D eigenvalue weighted by atomic mass is 35.5. The molecule has 0 aliphatic carbocycles. The molecule has 6 heteroatoms. The summed E-state index contributed by atoms with van der Waals surface area (Å²) in [6.45, 7) is 2.39. The predicted molar refractivity (Wildman–Crippen MR) is 109 cm³/mol. The Morgan fingerprint density at radius 2 is 1.96 bits per heavy atom. The van der Waals surface area contributed by atoms with Crippen molar-refractivity contribution in [3.8, 4) is 5.75 Å². The number of benzene rings is 2. The Balaban J connectivity index is 1.40. The molecule has 0 aliphatic rings. The fraction of sp³-hybridized carbons (Fsp3) is 0.143. The first-order valence-electron chi connectivity index (χ1n) is 8.46. The molecule has 4 nitrogen and oxygen atoms in total. The molecule has 27 heavy (non-hydrogen) atoms. The van der Waals surface area contributed by atoms with Gasteiger partial charge in [0.05, 0.1) is 10.5 Å². The van der Waals surface area contributed by atoms with E-state index in [9.17, 15) is 4.79 Å². The van der Waals surface area contributed by atoms with Crippen molar-refractivity contribution in [2.45, 2.75) is 6.92 Å². The molecule has 2 aromatic heterocycles. The number of fused-ring (bicyclic) bond motifs is 2. The average molecular weight is 398 g/mol. The lowest BCUT2D eigenvalue weighted by Gasteiger charge is -2.09. The second-order valence-electron chi connectivity index (χ2n) is 6.06. The van der Waals surface area contributed by atoms with Crippen LogP contribution in [0.2, 0.25) is 5.02 Å². The number of carbonyl (C=O) groups excluding carboxylic acids is 1. The maximum atomic E-state index is 12.4. The Hall–Kier alpha value is -2.63. The first-order valence-corrected chi connectivity index (χ1v) is 9.65. The number of carbonyl (C=O) groups is 1. The summed E-state index contributed by atoms with van der Waals surface area (Å²) in [7, 11) is 0. The Morgan fingerprint density at radius 3 is 2.85 bits per heavy atom. The zero-order valence-corrected chi connectivity index (χ0v) is 16.1. The Morgan fingerprint density at radius 1 is 1.11 bits per heavy atom. The lowest BCUT2D eigenvalue weighted by molar-refractivity contribution is 0.0457. The van der Waals surface area contributed by atoms with Crippen molar-refractivity contribution in [1.82, 2.24) is 4.98 Å². The highest BCUT2D eigenvalue weighted by molar-refractivity contribution is 7.21. The third-order valence-corrected chi connectivity index (χ3v) is 5.79. The van der Waals surface area contributed by atoms with Crippen LogP contribution in [0.1, 0.15) is 15.2 Å². The van der Waals surface area contributed by atoms with Crippen molar-refractivity contribution >= 4 is 49.9 Å². The highest BCUT2D eigenvalue weighted by Gasteiger charge is 2.18. The van der Waals surface area contributed by atoms with Crippen LogP contribution in [0.5, 0.6) is 5.75 Å². The third kappa shape index (κ3) is 3.61. The maximum Gasteiger partial charge on any atom is 0.350 e. The van der Waals surface area contributed by atoms with E-state index in [1.165, 1.54) is 11.3 Å². The van der Waals surface area contributed by atoms with Gasteiger partial charge in [0.1, 0.15) is 23.8 Å². The fourth-order valence-corrected chi connectivity index (χ4v) is 4.35. The van der Waals surface area contributed by atoms with Crippen LogP contribution in [0, 0.1) is 6.92 Å². The second-order valence-corrected chi connectivity index (χ2v) is 7.49. The zero-order chi connectivity index (χ0) is 18.8. The number of hydrogen-bond donors (Lipinski definition) is 0. The van der Waals surface area contributed by atoms with E-state index in [1.807, 2.05) is 49.4 Å². The van der Waals surface area contributed by atoms with E-state index >= 15 is 0 Å². The van der Waals surface area contributed by atoms with Crippen LogP contribution < -0.4 is 4.74 Å². The summed E-state index contributed by atoms with van der Waals surface area (Å²) < 4.78 is 12.1. The molecule has 0 unspecified atom stereocenters. The summed E-state index contributed by atoms with van der Waals surface area (Å²) in [5.41, 5.74) is 1.98. The number of pyridine rings is 1. The molecule has 4 aromatic rings. The van der Waals surface area contributed by atoms with Gasteiger partial charge in [0.2, 0.25) is 0 Å². The second kappa shape index (κ2) is 7.55. The van der Waals surface area contributed by atoms with Crippen molar-refractivity contribution in [2.24, 2.45) is 0 Å². The van der Waals surface area contributed by atoms with Crippen molar-refractivity contribution in [1.29, 1.82) is 0 Å². The van der Waals surface area contributed by atoms with E-state index in [1.54, 1.807) is 12.3 Å². The Kier molecular flexibility index (Phi) is 4.97. The largest absolute Gasteiger partial charge is 0.489 e. The van der Waals surface area contributed by atoms with Crippen molar-refractivity contribution in [2.75, 3.05) is 13.2 Å². The van der Waals surface area contributed by atoms with Gasteiger partial charge in [-0.05, 0) is 36.8 Å². The summed E-state index contributed by atoms with van der Waals surface area (Å²) in [6.07, 6.45) is 1.70. The van der Waals surface area contributed by atoms with Crippen LogP contribution in [-0.2, 0) is 4.74 Å². The molecular formula is C21H16ClNO3S. The first-order chi connectivity index (χ1) is 13.1. The van der Waals surface area contributed by atoms with Gasteiger partial charge in [-0.15, -0.1) is 11.3 Å². The van der Waals surface area contributed by atoms with E-state index in [-0.39, 0.29) is 13.2 Å². The van der Waals surface area contributed by atoms with E-state index in [0.29, 0.717) is 15.6 Å². The summed E-state index contributed by atoms with van der Waals surface area (Å²) in [5, 5.41) is 2.24. The minimum Gasteiger partial charge on any atom is -0.489 e. The minimum atomic E-state index is -0.429. The van der Waals surface area contributed by atoms with Gasteiger partial charge in [0.25, 0.3) is 0 Å². The van der Waals surface area contributed by atoms with Gasteiger partial charge >= 0.3 is 5.97 Å². The molecule has 4 rings (SSSR count). The lowest BCUT2D eigenvalue weighted by atomic mass is 10.2. The molecule has 0 saturated carbocycles. The normalized spacial score (nSPS) is 11.0. The van der Waals surface area contributed by atoms with Gasteiger partial charge in [-0.1, -0.05) is 35.9 Å². The molecular weight excluding hydrogens is 382 g/mol. The molecule has 0 saturated heterocycles. The Labute approximate surface area is 165 Å². The quantitative estimate of drug-likeness (QED) is 0.322. The highest BCUT2D eigenvalue weighted by Crippen LogP contribution is 2.36. The average Bonchev–Trinajstić information content (AvgIpc) is 3.01. The molecule has 0 bridgehead atoms. The van der Waals surface area contributed by atoms with Gasteiger partial charge < -0.3 is 9.47 Å². The van der Waals surface area contributed by atoms with Gasteiger partial charge in [0.15, 0.2) is 0 Å². The molecule has 2 heterocycles. The molecule has 0 atom stereocenters. The van der Waals surface area contributed by atoms with Gasteiger partial charge in [-0.3, -0.25) is 4.98 Å². The number of aromatic nitrogens is 1. The standard InChI is InChI=1S/C21H16ClNO3S/c1-13-6-7-15-18(12-13)27-20(19(15)22)21(24)26-11-10-25-17-8-9-23-16-5-3-2-4-14(16)17/h2-9,12H,10-11H2,1H3. The SMILES string of the molecule is Cc1ccc2c(Cl)c(C(=O)OCCOc3ccnc4ccccc34)sc2c1.